The van der Waals surface area contributed by atoms with Crippen molar-refractivity contribution in [2.45, 2.75) is 11.8 Å². The van der Waals surface area contributed by atoms with Gasteiger partial charge in [-0.25, -0.2) is 13.4 Å². The van der Waals surface area contributed by atoms with Gasteiger partial charge in [-0.1, -0.05) is 18.5 Å². The average molecular weight is 278 g/mol. The van der Waals surface area contributed by atoms with Gasteiger partial charge in [-0.05, 0) is 12.1 Å². The van der Waals surface area contributed by atoms with Crippen LogP contribution >= 0.6 is 11.6 Å². The largest absolute Gasteiger partial charge is 0.369 e. The van der Waals surface area contributed by atoms with E-state index in [9.17, 15) is 13.2 Å². The standard InChI is InChI=1S/C9H12ClN3O3S/c1-2-13(6-8(11)14)17(15,16)7-4-3-5-12-9(7)10/h3-5H,2,6H2,1H3,(H2,11,14). The van der Waals surface area contributed by atoms with E-state index >= 15 is 0 Å². The first kappa shape index (κ1) is 13.9. The lowest BCUT2D eigenvalue weighted by molar-refractivity contribution is -0.118. The Morgan fingerprint density at radius 3 is 2.71 bits per heavy atom. The predicted octanol–water partition coefficient (Wildman–Crippen LogP) is 0.231. The van der Waals surface area contributed by atoms with Gasteiger partial charge in [-0.2, -0.15) is 4.31 Å². The van der Waals surface area contributed by atoms with Crippen molar-refractivity contribution in [2.24, 2.45) is 5.73 Å². The Labute approximate surface area is 104 Å². The van der Waals surface area contributed by atoms with E-state index in [-0.39, 0.29) is 23.1 Å². The second kappa shape index (κ2) is 5.44. The Morgan fingerprint density at radius 2 is 2.24 bits per heavy atom. The number of rotatable bonds is 5. The molecule has 0 aliphatic rings. The van der Waals surface area contributed by atoms with E-state index in [4.69, 9.17) is 17.3 Å². The van der Waals surface area contributed by atoms with Gasteiger partial charge in [0.25, 0.3) is 0 Å². The van der Waals surface area contributed by atoms with Gasteiger partial charge >= 0.3 is 0 Å². The molecule has 0 bridgehead atoms. The number of nitrogens with two attached hydrogens (primary N) is 1. The van der Waals surface area contributed by atoms with Gasteiger partial charge in [-0.15, -0.1) is 0 Å². The number of hydrogen-bond donors (Lipinski definition) is 1. The van der Waals surface area contributed by atoms with Crippen LogP contribution in [0.2, 0.25) is 5.15 Å². The highest BCUT2D eigenvalue weighted by atomic mass is 35.5. The van der Waals surface area contributed by atoms with Crippen molar-refractivity contribution < 1.29 is 13.2 Å². The molecule has 1 rings (SSSR count). The summed E-state index contributed by atoms with van der Waals surface area (Å²) in [7, 11) is -3.84. The molecule has 17 heavy (non-hydrogen) atoms. The van der Waals surface area contributed by atoms with Crippen molar-refractivity contribution in [3.8, 4) is 0 Å². The Balaban J connectivity index is 3.18. The third-order valence-electron chi connectivity index (χ3n) is 2.03. The Hall–Kier alpha value is -1.18. The minimum atomic E-state index is -3.84. The van der Waals surface area contributed by atoms with Crippen LogP contribution in [0, 0.1) is 0 Å². The number of aromatic nitrogens is 1. The van der Waals surface area contributed by atoms with Crippen LogP contribution in [0.15, 0.2) is 23.2 Å². The molecular formula is C9H12ClN3O3S. The van der Waals surface area contributed by atoms with Gasteiger partial charge in [0.1, 0.15) is 10.0 Å². The number of nitrogens with zero attached hydrogens (tertiary/aromatic N) is 2. The summed E-state index contributed by atoms with van der Waals surface area (Å²) in [5.74, 6) is -0.726. The number of sulfonamides is 1. The van der Waals surface area contributed by atoms with Crippen LogP contribution in [0.1, 0.15) is 6.92 Å². The van der Waals surface area contributed by atoms with Crippen LogP contribution in [0.25, 0.3) is 0 Å². The van der Waals surface area contributed by atoms with Gasteiger partial charge < -0.3 is 5.73 Å². The van der Waals surface area contributed by atoms with Crippen molar-refractivity contribution in [1.82, 2.24) is 9.29 Å². The zero-order chi connectivity index (χ0) is 13.1. The quantitative estimate of drug-likeness (QED) is 0.780. The molecule has 0 unspecified atom stereocenters. The first-order valence-electron chi connectivity index (χ1n) is 4.78. The van der Waals surface area contributed by atoms with Crippen LogP contribution in [-0.4, -0.2) is 36.7 Å². The maximum Gasteiger partial charge on any atom is 0.246 e. The highest BCUT2D eigenvalue weighted by molar-refractivity contribution is 7.89. The van der Waals surface area contributed by atoms with Crippen molar-refractivity contribution in [3.05, 3.63) is 23.5 Å². The lowest BCUT2D eigenvalue weighted by atomic mass is 10.5. The fraction of sp³-hybridized carbons (Fsp3) is 0.333. The van der Waals surface area contributed by atoms with E-state index in [1.54, 1.807) is 6.92 Å². The molecule has 2 N–H and O–H groups in total. The normalized spacial score (nSPS) is 11.7. The molecule has 0 atom stereocenters. The summed E-state index contributed by atoms with van der Waals surface area (Å²) >= 11 is 5.71. The van der Waals surface area contributed by atoms with Gasteiger partial charge in [0.05, 0.1) is 6.54 Å². The SMILES string of the molecule is CCN(CC(N)=O)S(=O)(=O)c1cccnc1Cl. The van der Waals surface area contributed by atoms with E-state index in [1.807, 2.05) is 0 Å². The molecule has 94 valence electrons. The maximum absolute atomic E-state index is 12.1. The summed E-state index contributed by atoms with van der Waals surface area (Å²) in [5, 5.41) is -0.129. The summed E-state index contributed by atoms with van der Waals surface area (Å²) < 4.78 is 25.2. The molecule has 6 nitrogen and oxygen atoms in total. The van der Waals surface area contributed by atoms with E-state index in [2.05, 4.69) is 4.98 Å². The highest BCUT2D eigenvalue weighted by Crippen LogP contribution is 2.21. The molecule has 1 aromatic rings. The number of hydrogen-bond acceptors (Lipinski definition) is 4. The van der Waals surface area contributed by atoms with E-state index < -0.39 is 15.9 Å². The molecule has 1 amide bonds. The molecule has 8 heteroatoms. The maximum atomic E-state index is 12.1. The Morgan fingerprint density at radius 1 is 1.59 bits per heavy atom. The first-order chi connectivity index (χ1) is 7.89. The Kier molecular flexibility index (Phi) is 4.44. The molecule has 0 radical (unpaired) electrons. The van der Waals surface area contributed by atoms with Crippen LogP contribution < -0.4 is 5.73 Å². The number of amides is 1. The number of primary amides is 1. The number of halogens is 1. The molecule has 1 heterocycles. The smallest absolute Gasteiger partial charge is 0.246 e. The molecule has 0 spiro atoms. The van der Waals surface area contributed by atoms with Gasteiger partial charge in [0, 0.05) is 12.7 Å². The summed E-state index contributed by atoms with van der Waals surface area (Å²) in [6, 6.07) is 2.78. The fourth-order valence-electron chi connectivity index (χ4n) is 1.24. The van der Waals surface area contributed by atoms with Crippen molar-refractivity contribution in [2.75, 3.05) is 13.1 Å². The number of carbonyl (C=O) groups excluding carboxylic acids is 1. The van der Waals surface area contributed by atoms with Crippen LogP contribution in [0.5, 0.6) is 0 Å². The third kappa shape index (κ3) is 3.15. The van der Waals surface area contributed by atoms with Crippen LogP contribution in [0.3, 0.4) is 0 Å². The minimum Gasteiger partial charge on any atom is -0.369 e. The topological polar surface area (TPSA) is 93.4 Å². The number of pyridine rings is 1. The van der Waals surface area contributed by atoms with Gasteiger partial charge in [0.2, 0.25) is 15.9 Å². The van der Waals surface area contributed by atoms with Crippen molar-refractivity contribution in [1.29, 1.82) is 0 Å². The summed E-state index contributed by atoms with van der Waals surface area (Å²) in [6.07, 6.45) is 1.38. The lowest BCUT2D eigenvalue weighted by Crippen LogP contribution is -2.38. The van der Waals surface area contributed by atoms with Gasteiger partial charge in [-0.3, -0.25) is 4.79 Å². The molecule has 0 saturated heterocycles. The average Bonchev–Trinajstić information content (AvgIpc) is 2.25. The molecule has 0 saturated carbocycles. The summed E-state index contributed by atoms with van der Waals surface area (Å²) in [5.41, 5.74) is 4.99. The number of likely N-dealkylation sites (N-methyl/N-ethyl adjacent to an activating group) is 1. The zero-order valence-corrected chi connectivity index (χ0v) is 10.7. The third-order valence-corrected chi connectivity index (χ3v) is 4.39. The zero-order valence-electron chi connectivity index (χ0n) is 9.13. The first-order valence-corrected chi connectivity index (χ1v) is 6.60. The van der Waals surface area contributed by atoms with E-state index in [1.165, 1.54) is 18.3 Å². The molecular weight excluding hydrogens is 266 g/mol. The molecule has 0 aromatic carbocycles. The van der Waals surface area contributed by atoms with Gasteiger partial charge in [0.15, 0.2) is 0 Å². The minimum absolute atomic E-state index is 0.122. The van der Waals surface area contributed by atoms with Crippen LogP contribution in [0.4, 0.5) is 0 Å². The summed E-state index contributed by atoms with van der Waals surface area (Å²) in [4.78, 5) is 14.3. The van der Waals surface area contributed by atoms with E-state index in [0.717, 1.165) is 4.31 Å². The second-order valence-electron chi connectivity index (χ2n) is 3.19. The summed E-state index contributed by atoms with van der Waals surface area (Å²) in [6.45, 7) is 1.34. The van der Waals surface area contributed by atoms with Crippen molar-refractivity contribution in [3.63, 3.8) is 0 Å². The lowest BCUT2D eigenvalue weighted by Gasteiger charge is -2.18. The predicted molar refractivity (Wildman–Crippen MR) is 62.9 cm³/mol. The molecule has 0 fully saturated rings. The second-order valence-corrected chi connectivity index (χ2v) is 5.45. The molecule has 1 aromatic heterocycles. The van der Waals surface area contributed by atoms with Crippen molar-refractivity contribution >= 4 is 27.5 Å². The molecule has 0 aliphatic carbocycles. The molecule has 0 aliphatic heterocycles. The monoisotopic (exact) mass is 277 g/mol. The van der Waals surface area contributed by atoms with Crippen LogP contribution in [-0.2, 0) is 14.8 Å². The highest BCUT2D eigenvalue weighted by Gasteiger charge is 2.26. The Bertz CT molecular complexity index is 518. The van der Waals surface area contributed by atoms with E-state index in [0.29, 0.717) is 0 Å². The fourth-order valence-corrected chi connectivity index (χ4v) is 3.09. The number of carbonyl (C=O) groups is 1.